The van der Waals surface area contributed by atoms with Gasteiger partial charge in [-0.1, -0.05) is 51.1 Å². The first kappa shape index (κ1) is 17.1. The van der Waals surface area contributed by atoms with Crippen LogP contribution in [0.5, 0.6) is 0 Å². The minimum Gasteiger partial charge on any atom is -0.388 e. The summed E-state index contributed by atoms with van der Waals surface area (Å²) in [5.74, 6) is 0.479. The molecule has 0 aromatic heterocycles. The predicted octanol–water partition coefficient (Wildman–Crippen LogP) is 3.15. The van der Waals surface area contributed by atoms with Gasteiger partial charge in [-0.3, -0.25) is 4.79 Å². The summed E-state index contributed by atoms with van der Waals surface area (Å²) in [5, 5.41) is 13.0. The summed E-state index contributed by atoms with van der Waals surface area (Å²) in [6.07, 6.45) is -0.0163. The van der Waals surface area contributed by atoms with Crippen LogP contribution in [-0.4, -0.2) is 27.6 Å². The van der Waals surface area contributed by atoms with E-state index in [1.54, 1.807) is 11.8 Å². The molecular formula is C16H25NO2S. The van der Waals surface area contributed by atoms with Crippen molar-refractivity contribution < 1.29 is 9.90 Å². The fourth-order valence-corrected chi connectivity index (χ4v) is 2.45. The number of thioether (sulfide) groups is 1. The van der Waals surface area contributed by atoms with Crippen molar-refractivity contribution in [3.8, 4) is 0 Å². The Bertz CT molecular complexity index is 414. The van der Waals surface area contributed by atoms with Crippen LogP contribution < -0.4 is 5.32 Å². The highest BCUT2D eigenvalue weighted by Gasteiger charge is 2.17. The number of carbonyl (C=O) groups excluding carboxylic acids is 1. The van der Waals surface area contributed by atoms with Crippen molar-refractivity contribution in [3.63, 3.8) is 0 Å². The third-order valence-electron chi connectivity index (χ3n) is 2.80. The number of nitrogens with one attached hydrogen (secondary N) is 1. The molecule has 0 saturated heterocycles. The minimum atomic E-state index is -0.540. The van der Waals surface area contributed by atoms with E-state index in [1.165, 1.54) is 0 Å². The van der Waals surface area contributed by atoms with E-state index in [0.29, 0.717) is 12.2 Å². The van der Waals surface area contributed by atoms with E-state index in [2.05, 4.69) is 26.1 Å². The first-order valence-electron chi connectivity index (χ1n) is 6.94. The lowest BCUT2D eigenvalue weighted by molar-refractivity contribution is -0.119. The van der Waals surface area contributed by atoms with Crippen LogP contribution in [0.4, 0.5) is 0 Å². The van der Waals surface area contributed by atoms with Gasteiger partial charge in [0, 0.05) is 10.8 Å². The minimum absolute atomic E-state index is 0.0256. The lowest BCUT2D eigenvalue weighted by atomic mass is 10.0. The molecular weight excluding hydrogens is 270 g/mol. The highest BCUT2D eigenvalue weighted by atomic mass is 32.2. The van der Waals surface area contributed by atoms with Crippen molar-refractivity contribution in [1.29, 1.82) is 0 Å². The van der Waals surface area contributed by atoms with Crippen molar-refractivity contribution in [1.82, 2.24) is 5.32 Å². The van der Waals surface area contributed by atoms with Gasteiger partial charge in [0.1, 0.15) is 0 Å². The number of amides is 1. The molecule has 2 atom stereocenters. The zero-order valence-corrected chi connectivity index (χ0v) is 13.5. The van der Waals surface area contributed by atoms with Gasteiger partial charge in [0.05, 0.1) is 11.9 Å². The van der Waals surface area contributed by atoms with Crippen molar-refractivity contribution in [2.24, 2.45) is 0 Å². The van der Waals surface area contributed by atoms with E-state index in [9.17, 15) is 9.90 Å². The number of benzene rings is 1. The van der Waals surface area contributed by atoms with Gasteiger partial charge in [-0.15, -0.1) is 11.8 Å². The molecule has 1 amide bonds. The molecule has 0 aliphatic heterocycles. The maximum absolute atomic E-state index is 11.8. The van der Waals surface area contributed by atoms with Gasteiger partial charge in [-0.25, -0.2) is 0 Å². The molecule has 0 aliphatic rings. The summed E-state index contributed by atoms with van der Waals surface area (Å²) < 4.78 is 0.0874. The normalized spacial score (nSPS) is 14.7. The number of aliphatic hydroxyl groups excluding tert-OH is 1. The molecule has 112 valence electrons. The molecule has 20 heavy (non-hydrogen) atoms. The average molecular weight is 295 g/mol. The molecule has 0 spiro atoms. The van der Waals surface area contributed by atoms with Crippen LogP contribution in [0.15, 0.2) is 30.3 Å². The van der Waals surface area contributed by atoms with Gasteiger partial charge >= 0.3 is 0 Å². The second-order valence-electron chi connectivity index (χ2n) is 6.03. The second-order valence-corrected chi connectivity index (χ2v) is 7.83. The predicted molar refractivity (Wildman–Crippen MR) is 85.8 cm³/mol. The Hall–Kier alpha value is -1.000. The van der Waals surface area contributed by atoms with E-state index < -0.39 is 6.10 Å². The molecule has 1 rings (SSSR count). The van der Waals surface area contributed by atoms with Crippen LogP contribution >= 0.6 is 11.8 Å². The number of carbonyl (C=O) groups is 1. The smallest absolute Gasteiger partial charge is 0.230 e. The summed E-state index contributed by atoms with van der Waals surface area (Å²) >= 11 is 1.62. The molecule has 0 saturated carbocycles. The molecule has 2 unspecified atom stereocenters. The van der Waals surface area contributed by atoms with Crippen molar-refractivity contribution in [3.05, 3.63) is 35.9 Å². The quantitative estimate of drug-likeness (QED) is 0.847. The average Bonchev–Trinajstić information content (AvgIpc) is 2.36. The molecule has 0 aliphatic carbocycles. The lowest BCUT2D eigenvalue weighted by Crippen LogP contribution is -2.35. The van der Waals surface area contributed by atoms with Crippen LogP contribution in [0.1, 0.15) is 45.8 Å². The zero-order chi connectivity index (χ0) is 15.2. The Morgan fingerprint density at radius 2 is 1.90 bits per heavy atom. The summed E-state index contributed by atoms with van der Waals surface area (Å²) in [5.41, 5.74) is 0.887. The molecule has 0 bridgehead atoms. The van der Waals surface area contributed by atoms with Gasteiger partial charge in [0.2, 0.25) is 5.91 Å². The van der Waals surface area contributed by atoms with Gasteiger partial charge in [-0.2, -0.15) is 0 Å². The first-order valence-corrected chi connectivity index (χ1v) is 7.93. The number of aliphatic hydroxyl groups is 1. The van der Waals surface area contributed by atoms with Crippen molar-refractivity contribution in [2.45, 2.75) is 51.0 Å². The third kappa shape index (κ3) is 6.96. The summed E-state index contributed by atoms with van der Waals surface area (Å²) in [7, 11) is 0. The molecule has 3 nitrogen and oxygen atoms in total. The highest BCUT2D eigenvalue weighted by Crippen LogP contribution is 2.23. The van der Waals surface area contributed by atoms with Crippen LogP contribution in [0.25, 0.3) is 0 Å². The fourth-order valence-electron chi connectivity index (χ4n) is 1.80. The maximum atomic E-state index is 11.8. The van der Waals surface area contributed by atoms with Crippen molar-refractivity contribution >= 4 is 17.7 Å². The number of rotatable bonds is 6. The maximum Gasteiger partial charge on any atom is 0.230 e. The van der Waals surface area contributed by atoms with E-state index in [0.717, 1.165) is 5.56 Å². The topological polar surface area (TPSA) is 49.3 Å². The van der Waals surface area contributed by atoms with Crippen LogP contribution in [0, 0.1) is 0 Å². The summed E-state index contributed by atoms with van der Waals surface area (Å²) in [4.78, 5) is 11.8. The van der Waals surface area contributed by atoms with Gasteiger partial charge in [0.15, 0.2) is 0 Å². The van der Waals surface area contributed by atoms with Gasteiger partial charge in [0.25, 0.3) is 0 Å². The molecule has 1 aromatic carbocycles. The van der Waals surface area contributed by atoms with Crippen LogP contribution in [0.3, 0.4) is 0 Å². The van der Waals surface area contributed by atoms with E-state index in [1.807, 2.05) is 37.3 Å². The zero-order valence-electron chi connectivity index (χ0n) is 12.7. The van der Waals surface area contributed by atoms with E-state index in [4.69, 9.17) is 0 Å². The standard InChI is InChI=1S/C16H25NO2S/c1-12(17-15(19)11-20-16(2,3)4)10-14(18)13-8-6-5-7-9-13/h5-9,12,14,18H,10-11H2,1-4H3,(H,17,19). The molecule has 0 heterocycles. The fraction of sp³-hybridized carbons (Fsp3) is 0.562. The molecule has 0 radical (unpaired) electrons. The Balaban J connectivity index is 2.36. The molecule has 2 N–H and O–H groups in total. The van der Waals surface area contributed by atoms with E-state index >= 15 is 0 Å². The Kier molecular flexibility index (Phi) is 6.56. The van der Waals surface area contributed by atoms with Gasteiger partial charge in [-0.05, 0) is 18.9 Å². The monoisotopic (exact) mass is 295 g/mol. The second kappa shape index (κ2) is 7.70. The molecule has 4 heteroatoms. The Morgan fingerprint density at radius 3 is 2.45 bits per heavy atom. The SMILES string of the molecule is CC(CC(O)c1ccccc1)NC(=O)CSC(C)(C)C. The Labute approximate surface area is 126 Å². The van der Waals surface area contributed by atoms with Crippen LogP contribution in [0.2, 0.25) is 0 Å². The lowest BCUT2D eigenvalue weighted by Gasteiger charge is -2.20. The highest BCUT2D eigenvalue weighted by molar-refractivity contribution is 8.01. The largest absolute Gasteiger partial charge is 0.388 e. The summed E-state index contributed by atoms with van der Waals surface area (Å²) in [6, 6.07) is 9.48. The molecule has 1 aromatic rings. The van der Waals surface area contributed by atoms with Gasteiger partial charge < -0.3 is 10.4 Å². The van der Waals surface area contributed by atoms with Crippen LogP contribution in [-0.2, 0) is 4.79 Å². The van der Waals surface area contributed by atoms with E-state index in [-0.39, 0.29) is 16.7 Å². The molecule has 0 fully saturated rings. The Morgan fingerprint density at radius 1 is 1.30 bits per heavy atom. The first-order chi connectivity index (χ1) is 9.28. The number of hydrogen-bond donors (Lipinski definition) is 2. The third-order valence-corrected chi connectivity index (χ3v) is 4.08. The van der Waals surface area contributed by atoms with Crippen molar-refractivity contribution in [2.75, 3.05) is 5.75 Å². The summed E-state index contributed by atoms with van der Waals surface area (Å²) in [6.45, 7) is 8.19. The number of hydrogen-bond acceptors (Lipinski definition) is 3.